The molecule has 4 aromatic rings. The highest BCUT2D eigenvalue weighted by Gasteiger charge is 2.21. The molecule has 0 aliphatic carbocycles. The van der Waals surface area contributed by atoms with Gasteiger partial charge in [-0.05, 0) is 25.1 Å². The fourth-order valence-corrected chi connectivity index (χ4v) is 3.46. The molecule has 1 aliphatic heterocycles. The number of alkyl halides is 2. The van der Waals surface area contributed by atoms with Gasteiger partial charge in [0.2, 0.25) is 5.88 Å². The number of amides is 1. The Balaban J connectivity index is 1.31. The SMILES string of the molecule is Cc1nnn(-c2ccc(C(F)F)cc2)c1COc1ccc(-n2cc3c(n2)CCNC3=O)nn1. The highest BCUT2D eigenvalue weighted by molar-refractivity contribution is 5.96. The third kappa shape index (κ3) is 4.02. The number of hydrogen-bond donors (Lipinski definition) is 1. The second-order valence-electron chi connectivity index (χ2n) is 7.38. The normalized spacial score (nSPS) is 13.2. The molecular formula is C21H18F2N8O2. The lowest BCUT2D eigenvalue weighted by Gasteiger charge is -2.09. The van der Waals surface area contributed by atoms with Gasteiger partial charge in [0.05, 0.1) is 22.6 Å². The Labute approximate surface area is 186 Å². The van der Waals surface area contributed by atoms with Crippen LogP contribution in [-0.4, -0.2) is 47.4 Å². The van der Waals surface area contributed by atoms with Crippen molar-refractivity contribution in [1.29, 1.82) is 0 Å². The van der Waals surface area contributed by atoms with Gasteiger partial charge >= 0.3 is 0 Å². The van der Waals surface area contributed by atoms with E-state index in [1.807, 2.05) is 0 Å². The smallest absolute Gasteiger partial charge is 0.263 e. The predicted molar refractivity (Wildman–Crippen MR) is 111 cm³/mol. The fourth-order valence-electron chi connectivity index (χ4n) is 3.46. The summed E-state index contributed by atoms with van der Waals surface area (Å²) >= 11 is 0. The minimum atomic E-state index is -2.54. The van der Waals surface area contributed by atoms with Gasteiger partial charge in [-0.25, -0.2) is 18.1 Å². The molecule has 1 aromatic carbocycles. The van der Waals surface area contributed by atoms with E-state index in [2.05, 4.69) is 30.9 Å². The molecule has 0 bridgehead atoms. The number of rotatable bonds is 6. The summed E-state index contributed by atoms with van der Waals surface area (Å²) in [6, 6.07) is 9.13. The highest BCUT2D eigenvalue weighted by Crippen LogP contribution is 2.22. The lowest BCUT2D eigenvalue weighted by Crippen LogP contribution is -2.31. The third-order valence-electron chi connectivity index (χ3n) is 5.25. The van der Waals surface area contributed by atoms with Crippen LogP contribution in [0.3, 0.4) is 0 Å². The van der Waals surface area contributed by atoms with Crippen LogP contribution < -0.4 is 10.1 Å². The minimum Gasteiger partial charge on any atom is -0.470 e. The Bertz CT molecular complexity index is 1300. The van der Waals surface area contributed by atoms with Gasteiger partial charge in [0.15, 0.2) is 5.82 Å². The van der Waals surface area contributed by atoms with Crippen molar-refractivity contribution in [2.24, 2.45) is 0 Å². The Hall–Kier alpha value is -4.22. The van der Waals surface area contributed by atoms with Crippen LogP contribution in [0.1, 0.15) is 39.4 Å². The van der Waals surface area contributed by atoms with Crippen LogP contribution in [0.5, 0.6) is 5.88 Å². The average Bonchev–Trinajstić information content (AvgIpc) is 3.43. The molecule has 0 fully saturated rings. The molecule has 0 spiro atoms. The number of carbonyl (C=O) groups excluding carboxylic acids is 1. The maximum Gasteiger partial charge on any atom is 0.263 e. The molecule has 168 valence electrons. The van der Waals surface area contributed by atoms with E-state index in [4.69, 9.17) is 4.74 Å². The molecule has 1 amide bonds. The molecule has 4 heterocycles. The van der Waals surface area contributed by atoms with E-state index in [1.165, 1.54) is 21.5 Å². The largest absolute Gasteiger partial charge is 0.470 e. The van der Waals surface area contributed by atoms with Gasteiger partial charge in [0, 0.05) is 30.8 Å². The van der Waals surface area contributed by atoms with Gasteiger partial charge < -0.3 is 10.1 Å². The van der Waals surface area contributed by atoms with E-state index >= 15 is 0 Å². The number of carbonyl (C=O) groups is 1. The number of aryl methyl sites for hydroxylation is 1. The summed E-state index contributed by atoms with van der Waals surface area (Å²) in [7, 11) is 0. The van der Waals surface area contributed by atoms with Crippen molar-refractivity contribution in [3.63, 3.8) is 0 Å². The predicted octanol–water partition coefficient (Wildman–Crippen LogP) is 2.35. The average molecular weight is 452 g/mol. The molecule has 0 saturated heterocycles. The first-order valence-corrected chi connectivity index (χ1v) is 10.1. The van der Waals surface area contributed by atoms with Gasteiger partial charge in [0.25, 0.3) is 12.3 Å². The van der Waals surface area contributed by atoms with Gasteiger partial charge in [-0.15, -0.1) is 15.3 Å². The zero-order valence-corrected chi connectivity index (χ0v) is 17.4. The van der Waals surface area contributed by atoms with Crippen molar-refractivity contribution >= 4 is 5.91 Å². The Morgan fingerprint density at radius 3 is 2.64 bits per heavy atom. The summed E-state index contributed by atoms with van der Waals surface area (Å²) in [6.07, 6.45) is -0.249. The Morgan fingerprint density at radius 1 is 1.12 bits per heavy atom. The van der Waals surface area contributed by atoms with Gasteiger partial charge in [-0.2, -0.15) is 5.10 Å². The summed E-state index contributed by atoms with van der Waals surface area (Å²) in [6.45, 7) is 2.43. The second-order valence-corrected chi connectivity index (χ2v) is 7.38. The maximum atomic E-state index is 12.8. The number of halogens is 2. The standard InChI is InChI=1S/C21H18F2N8O2/c1-12-17(31(29-25-12)14-4-2-13(3-5-14)20(22)23)11-33-19-7-6-18(26-27-19)30-10-15-16(28-30)8-9-24-21(15)32/h2-7,10,20H,8-9,11H2,1H3,(H,24,32). The summed E-state index contributed by atoms with van der Waals surface area (Å²) in [5, 5.41) is 23.5. The van der Waals surface area contributed by atoms with E-state index in [-0.39, 0.29) is 24.0 Å². The van der Waals surface area contributed by atoms with Crippen LogP contribution in [0.15, 0.2) is 42.6 Å². The molecule has 0 atom stereocenters. The Morgan fingerprint density at radius 2 is 1.94 bits per heavy atom. The zero-order chi connectivity index (χ0) is 22.9. The molecule has 0 saturated carbocycles. The zero-order valence-electron chi connectivity index (χ0n) is 17.4. The molecule has 3 aromatic heterocycles. The summed E-state index contributed by atoms with van der Waals surface area (Å²) in [4.78, 5) is 11.9. The number of aromatic nitrogens is 7. The number of ether oxygens (including phenoxy) is 1. The Kier molecular flexibility index (Phi) is 5.24. The molecule has 12 heteroatoms. The molecule has 0 radical (unpaired) electrons. The second kappa shape index (κ2) is 8.37. The van der Waals surface area contributed by atoms with Crippen LogP contribution in [0.4, 0.5) is 8.78 Å². The van der Waals surface area contributed by atoms with Crippen LogP contribution >= 0.6 is 0 Å². The highest BCUT2D eigenvalue weighted by atomic mass is 19.3. The molecule has 10 nitrogen and oxygen atoms in total. The van der Waals surface area contributed by atoms with Crippen molar-refractivity contribution in [3.05, 3.63) is 70.8 Å². The van der Waals surface area contributed by atoms with Crippen LogP contribution in [-0.2, 0) is 13.0 Å². The van der Waals surface area contributed by atoms with E-state index in [1.54, 1.807) is 37.4 Å². The maximum absolute atomic E-state index is 12.8. The summed E-state index contributed by atoms with van der Waals surface area (Å²) in [5.74, 6) is 0.569. The van der Waals surface area contributed by atoms with Crippen molar-refractivity contribution in [2.75, 3.05) is 6.54 Å². The van der Waals surface area contributed by atoms with E-state index in [9.17, 15) is 13.6 Å². The van der Waals surface area contributed by atoms with Crippen molar-refractivity contribution in [2.45, 2.75) is 26.4 Å². The van der Waals surface area contributed by atoms with Gasteiger partial charge in [-0.1, -0.05) is 17.3 Å². The fraction of sp³-hybridized carbons (Fsp3) is 0.238. The first kappa shape index (κ1) is 20.7. The van der Waals surface area contributed by atoms with E-state index in [0.29, 0.717) is 41.4 Å². The summed E-state index contributed by atoms with van der Waals surface area (Å²) < 4.78 is 34.4. The molecule has 33 heavy (non-hydrogen) atoms. The molecule has 0 unspecified atom stereocenters. The number of nitrogens with one attached hydrogen (secondary N) is 1. The summed E-state index contributed by atoms with van der Waals surface area (Å²) in [5.41, 5.74) is 3.06. The third-order valence-corrected chi connectivity index (χ3v) is 5.25. The van der Waals surface area contributed by atoms with Crippen LogP contribution in [0.2, 0.25) is 0 Å². The number of fused-ring (bicyclic) bond motifs is 1. The van der Waals surface area contributed by atoms with Crippen molar-refractivity contribution in [3.8, 4) is 17.4 Å². The molecule has 1 aliphatic rings. The van der Waals surface area contributed by atoms with Crippen LogP contribution in [0.25, 0.3) is 11.5 Å². The minimum absolute atomic E-state index is 0.0672. The topological polar surface area (TPSA) is 113 Å². The monoisotopic (exact) mass is 452 g/mol. The molecule has 5 rings (SSSR count). The van der Waals surface area contributed by atoms with Crippen molar-refractivity contribution < 1.29 is 18.3 Å². The van der Waals surface area contributed by atoms with E-state index in [0.717, 1.165) is 5.69 Å². The van der Waals surface area contributed by atoms with Crippen molar-refractivity contribution in [1.82, 2.24) is 40.3 Å². The first-order valence-electron chi connectivity index (χ1n) is 10.1. The first-order chi connectivity index (χ1) is 16.0. The number of nitrogens with zero attached hydrogens (tertiary/aromatic N) is 7. The number of hydrogen-bond acceptors (Lipinski definition) is 7. The quantitative estimate of drug-likeness (QED) is 0.478. The van der Waals surface area contributed by atoms with E-state index < -0.39 is 6.43 Å². The van der Waals surface area contributed by atoms with Crippen LogP contribution in [0, 0.1) is 6.92 Å². The lowest BCUT2D eigenvalue weighted by molar-refractivity contribution is 0.0946. The lowest BCUT2D eigenvalue weighted by atomic mass is 10.1. The van der Waals surface area contributed by atoms with Gasteiger partial charge in [0.1, 0.15) is 12.3 Å². The number of benzene rings is 1. The molecule has 1 N–H and O–H groups in total. The van der Waals surface area contributed by atoms with Gasteiger partial charge in [-0.3, -0.25) is 4.79 Å². The molecular weight excluding hydrogens is 434 g/mol.